The van der Waals surface area contributed by atoms with Crippen molar-refractivity contribution in [3.63, 3.8) is 0 Å². The van der Waals surface area contributed by atoms with Gasteiger partial charge < -0.3 is 9.09 Å². The summed E-state index contributed by atoms with van der Waals surface area (Å²) in [6, 6.07) is 9.92. The summed E-state index contributed by atoms with van der Waals surface area (Å²) < 4.78 is 7.00. The first kappa shape index (κ1) is 11.3. The van der Waals surface area contributed by atoms with Crippen LogP contribution in [0.3, 0.4) is 0 Å². The zero-order valence-corrected chi connectivity index (χ0v) is 10.5. The van der Waals surface area contributed by atoms with E-state index in [4.69, 9.17) is 16.1 Å². The Hall–Kier alpha value is -1.81. The van der Waals surface area contributed by atoms with Crippen LogP contribution in [0.25, 0.3) is 11.0 Å². The Kier molecular flexibility index (Phi) is 3.02. The molecule has 2 heterocycles. The normalized spacial score (nSPS) is 11.2. The van der Waals surface area contributed by atoms with Gasteiger partial charge in [0.2, 0.25) is 0 Å². The quantitative estimate of drug-likeness (QED) is 0.679. The number of rotatable bonds is 4. The Labute approximate surface area is 109 Å². The molecule has 0 unspecified atom stereocenters. The van der Waals surface area contributed by atoms with Crippen LogP contribution in [0.1, 0.15) is 11.5 Å². The maximum Gasteiger partial charge on any atom is 0.124 e. The first-order valence-corrected chi connectivity index (χ1v) is 6.31. The lowest BCUT2D eigenvalue weighted by Gasteiger charge is -2.05. The highest BCUT2D eigenvalue weighted by molar-refractivity contribution is 6.17. The second-order valence-electron chi connectivity index (χ2n) is 4.03. The van der Waals surface area contributed by atoms with Crippen molar-refractivity contribution >= 4 is 22.6 Å². The van der Waals surface area contributed by atoms with Gasteiger partial charge in [0.05, 0.1) is 17.6 Å². The molecule has 0 radical (unpaired) electrons. The fraction of sp³-hybridized carbons (Fsp3) is 0.231. The van der Waals surface area contributed by atoms with Gasteiger partial charge in [-0.25, -0.2) is 4.98 Å². The number of para-hydroxylation sites is 2. The first-order valence-electron chi connectivity index (χ1n) is 5.78. The smallest absolute Gasteiger partial charge is 0.124 e. The fourth-order valence-corrected chi connectivity index (χ4v) is 2.23. The average molecular weight is 262 g/mol. The van der Waals surface area contributed by atoms with Gasteiger partial charge in [-0.3, -0.25) is 0 Å². The summed E-state index contributed by atoms with van der Waals surface area (Å²) >= 11 is 5.83. The first-order chi connectivity index (χ1) is 8.88. The van der Waals surface area contributed by atoms with Crippen LogP contribution in [0.15, 0.2) is 41.1 Å². The molecule has 18 heavy (non-hydrogen) atoms. The summed E-state index contributed by atoms with van der Waals surface area (Å²) in [4.78, 5) is 4.60. The van der Waals surface area contributed by atoms with Gasteiger partial charge in [-0.15, -0.1) is 11.6 Å². The van der Waals surface area contributed by atoms with Crippen LogP contribution in [0.4, 0.5) is 0 Å². The van der Waals surface area contributed by atoms with E-state index in [1.54, 1.807) is 6.26 Å². The molecule has 0 fully saturated rings. The van der Waals surface area contributed by atoms with Crippen LogP contribution in [-0.2, 0) is 13.0 Å². The van der Waals surface area contributed by atoms with Crippen molar-refractivity contribution in [1.82, 2.24) is 14.7 Å². The van der Waals surface area contributed by atoms with E-state index in [0.717, 1.165) is 29.0 Å². The molecule has 0 aliphatic heterocycles. The molecule has 0 spiro atoms. The van der Waals surface area contributed by atoms with Gasteiger partial charge in [0.1, 0.15) is 17.8 Å². The van der Waals surface area contributed by atoms with Crippen LogP contribution in [-0.4, -0.2) is 20.6 Å². The van der Waals surface area contributed by atoms with Gasteiger partial charge in [-0.1, -0.05) is 17.3 Å². The van der Waals surface area contributed by atoms with E-state index in [1.807, 2.05) is 24.3 Å². The minimum Gasteiger partial charge on any atom is -0.364 e. The molecular weight excluding hydrogens is 250 g/mol. The third-order valence-electron chi connectivity index (χ3n) is 2.86. The number of halogens is 1. The minimum absolute atomic E-state index is 0.558. The van der Waals surface area contributed by atoms with E-state index < -0.39 is 0 Å². The van der Waals surface area contributed by atoms with Gasteiger partial charge in [-0.2, -0.15) is 0 Å². The molecule has 0 N–H and O–H groups in total. The van der Waals surface area contributed by atoms with Crippen LogP contribution in [0, 0.1) is 0 Å². The van der Waals surface area contributed by atoms with Crippen LogP contribution in [0.2, 0.25) is 0 Å². The Morgan fingerprint density at radius 3 is 2.89 bits per heavy atom. The maximum absolute atomic E-state index is 5.83. The molecule has 0 bridgehead atoms. The highest BCUT2D eigenvalue weighted by Gasteiger charge is 2.11. The molecule has 3 aromatic rings. The second-order valence-corrected chi connectivity index (χ2v) is 4.41. The number of nitrogens with zero attached hydrogens (tertiary/aromatic N) is 3. The number of benzene rings is 1. The number of hydrogen-bond donors (Lipinski definition) is 0. The molecule has 0 atom stereocenters. The monoisotopic (exact) mass is 261 g/mol. The summed E-state index contributed by atoms with van der Waals surface area (Å²) in [6.07, 6.45) is 2.32. The summed E-state index contributed by atoms with van der Waals surface area (Å²) in [5.41, 5.74) is 2.97. The van der Waals surface area contributed by atoms with E-state index in [0.29, 0.717) is 12.4 Å². The molecule has 3 rings (SSSR count). The summed E-state index contributed by atoms with van der Waals surface area (Å²) in [6.45, 7) is 0.656. The van der Waals surface area contributed by atoms with E-state index in [1.165, 1.54) is 0 Å². The predicted molar refractivity (Wildman–Crippen MR) is 69.8 cm³/mol. The maximum atomic E-state index is 5.83. The molecule has 0 saturated heterocycles. The average Bonchev–Trinajstić information content (AvgIpc) is 3.00. The zero-order chi connectivity index (χ0) is 12.4. The Bertz CT molecular complexity index is 645. The van der Waals surface area contributed by atoms with Crippen LogP contribution in [0.5, 0.6) is 0 Å². The van der Waals surface area contributed by atoms with Gasteiger partial charge in [0.15, 0.2) is 0 Å². The molecular formula is C13H12ClN3O. The van der Waals surface area contributed by atoms with E-state index >= 15 is 0 Å². The van der Waals surface area contributed by atoms with Crippen molar-refractivity contribution in [2.45, 2.75) is 13.0 Å². The van der Waals surface area contributed by atoms with Crippen molar-refractivity contribution in [1.29, 1.82) is 0 Å². The van der Waals surface area contributed by atoms with Crippen molar-refractivity contribution < 1.29 is 4.52 Å². The number of alkyl halides is 1. The van der Waals surface area contributed by atoms with E-state index in [9.17, 15) is 0 Å². The van der Waals surface area contributed by atoms with Gasteiger partial charge in [0, 0.05) is 18.4 Å². The highest BCUT2D eigenvalue weighted by atomic mass is 35.5. The van der Waals surface area contributed by atoms with Crippen LogP contribution >= 0.6 is 11.6 Å². The Morgan fingerprint density at radius 2 is 2.11 bits per heavy atom. The number of fused-ring (bicyclic) bond motifs is 1. The molecule has 0 aliphatic carbocycles. The van der Waals surface area contributed by atoms with Gasteiger partial charge in [-0.05, 0) is 12.1 Å². The third-order valence-corrected chi connectivity index (χ3v) is 3.05. The molecule has 0 amide bonds. The standard InChI is InChI=1S/C13H12ClN3O/c14-7-5-13-15-11-3-1-2-4-12(11)17(13)9-10-6-8-18-16-10/h1-4,6,8H,5,7,9H2. The molecule has 1 aromatic carbocycles. The second kappa shape index (κ2) is 4.82. The lowest BCUT2D eigenvalue weighted by atomic mass is 10.3. The Balaban J connectivity index is 2.09. The third kappa shape index (κ3) is 1.99. The molecule has 92 valence electrons. The number of imidazole rings is 1. The SMILES string of the molecule is ClCCc1nc2ccccc2n1Cc1ccon1. The molecule has 4 nitrogen and oxygen atoms in total. The summed E-state index contributed by atoms with van der Waals surface area (Å²) in [7, 11) is 0. The predicted octanol–water partition coefficient (Wildman–Crippen LogP) is 2.85. The summed E-state index contributed by atoms with van der Waals surface area (Å²) in [5, 5.41) is 3.94. The largest absolute Gasteiger partial charge is 0.364 e. The van der Waals surface area contributed by atoms with Gasteiger partial charge >= 0.3 is 0 Å². The minimum atomic E-state index is 0.558. The van der Waals surface area contributed by atoms with Crippen molar-refractivity contribution in [2.24, 2.45) is 0 Å². The Morgan fingerprint density at radius 1 is 1.22 bits per heavy atom. The number of aromatic nitrogens is 3. The molecule has 0 aliphatic rings. The number of aryl methyl sites for hydroxylation is 1. The van der Waals surface area contributed by atoms with E-state index in [-0.39, 0.29) is 0 Å². The summed E-state index contributed by atoms with van der Waals surface area (Å²) in [5.74, 6) is 1.54. The lowest BCUT2D eigenvalue weighted by Crippen LogP contribution is -2.06. The molecule has 5 heteroatoms. The highest BCUT2D eigenvalue weighted by Crippen LogP contribution is 2.18. The van der Waals surface area contributed by atoms with E-state index in [2.05, 4.69) is 20.8 Å². The lowest BCUT2D eigenvalue weighted by molar-refractivity contribution is 0.409. The van der Waals surface area contributed by atoms with Crippen molar-refractivity contribution in [2.75, 3.05) is 5.88 Å². The topological polar surface area (TPSA) is 43.9 Å². The van der Waals surface area contributed by atoms with Gasteiger partial charge in [0.25, 0.3) is 0 Å². The number of hydrogen-bond acceptors (Lipinski definition) is 3. The van der Waals surface area contributed by atoms with Crippen molar-refractivity contribution in [3.8, 4) is 0 Å². The van der Waals surface area contributed by atoms with Crippen molar-refractivity contribution in [3.05, 3.63) is 48.1 Å². The zero-order valence-electron chi connectivity index (χ0n) is 9.71. The fourth-order valence-electron chi connectivity index (χ4n) is 2.06. The van der Waals surface area contributed by atoms with Crippen LogP contribution < -0.4 is 0 Å². The molecule has 0 saturated carbocycles. The molecule has 2 aromatic heterocycles.